The highest BCUT2D eigenvalue weighted by atomic mass is 16.5. The van der Waals surface area contributed by atoms with Crippen LogP contribution in [0.5, 0.6) is 0 Å². The van der Waals surface area contributed by atoms with Crippen molar-refractivity contribution in [2.45, 2.75) is 26.1 Å². The first-order chi connectivity index (χ1) is 9.06. The van der Waals surface area contributed by atoms with Crippen molar-refractivity contribution in [2.24, 2.45) is 7.05 Å². The Morgan fingerprint density at radius 3 is 2.74 bits per heavy atom. The number of rotatable bonds is 4. The summed E-state index contributed by atoms with van der Waals surface area (Å²) in [6.45, 7) is 7.50. The van der Waals surface area contributed by atoms with E-state index in [0.717, 1.165) is 19.6 Å². The number of carbonyl (C=O) groups is 1. The summed E-state index contributed by atoms with van der Waals surface area (Å²) in [5.74, 6) is -0.0747. The Morgan fingerprint density at radius 1 is 1.47 bits per heavy atom. The quantitative estimate of drug-likeness (QED) is 0.849. The van der Waals surface area contributed by atoms with Gasteiger partial charge in [-0.1, -0.05) is 0 Å². The summed E-state index contributed by atoms with van der Waals surface area (Å²) in [5, 5.41) is 6.90. The highest BCUT2D eigenvalue weighted by Gasteiger charge is 2.21. The lowest BCUT2D eigenvalue weighted by Crippen LogP contribution is -2.47. The van der Waals surface area contributed by atoms with Crippen LogP contribution >= 0.6 is 0 Å². The molecule has 1 amide bonds. The molecule has 2 rings (SSSR count). The lowest BCUT2D eigenvalue weighted by Gasteiger charge is -2.35. The number of ether oxygens (including phenoxy) is 1. The molecule has 106 valence electrons. The molecule has 0 radical (unpaired) electrons. The van der Waals surface area contributed by atoms with Gasteiger partial charge in [-0.3, -0.25) is 14.4 Å². The van der Waals surface area contributed by atoms with E-state index in [9.17, 15) is 4.79 Å². The van der Waals surface area contributed by atoms with Crippen molar-refractivity contribution >= 4 is 5.91 Å². The number of aryl methyl sites for hydroxylation is 1. The molecule has 2 heterocycles. The molecule has 0 bridgehead atoms. The van der Waals surface area contributed by atoms with Gasteiger partial charge >= 0.3 is 0 Å². The molecule has 19 heavy (non-hydrogen) atoms. The summed E-state index contributed by atoms with van der Waals surface area (Å²) in [7, 11) is 1.76. The fourth-order valence-electron chi connectivity index (χ4n) is 2.48. The van der Waals surface area contributed by atoms with Gasteiger partial charge in [0.2, 0.25) is 0 Å². The average Bonchev–Trinajstić information content (AvgIpc) is 2.74. The number of morpholine rings is 1. The number of amides is 1. The molecule has 0 saturated carbocycles. The van der Waals surface area contributed by atoms with Gasteiger partial charge < -0.3 is 10.1 Å². The summed E-state index contributed by atoms with van der Waals surface area (Å²) in [4.78, 5) is 14.2. The Labute approximate surface area is 113 Å². The van der Waals surface area contributed by atoms with Crippen molar-refractivity contribution in [3.8, 4) is 0 Å². The van der Waals surface area contributed by atoms with Gasteiger partial charge in [0.25, 0.3) is 5.91 Å². The van der Waals surface area contributed by atoms with Crippen LogP contribution in [0, 0.1) is 0 Å². The Bertz CT molecular complexity index is 422. The summed E-state index contributed by atoms with van der Waals surface area (Å²) in [6, 6.07) is 1.72. The van der Waals surface area contributed by atoms with Crippen molar-refractivity contribution in [1.82, 2.24) is 20.0 Å². The summed E-state index contributed by atoms with van der Waals surface area (Å²) in [6.07, 6.45) is 2.15. The third kappa shape index (κ3) is 3.78. The maximum Gasteiger partial charge on any atom is 0.269 e. The lowest BCUT2D eigenvalue weighted by atomic mass is 10.2. The van der Waals surface area contributed by atoms with E-state index in [1.54, 1.807) is 24.0 Å². The molecule has 0 aliphatic carbocycles. The van der Waals surface area contributed by atoms with Crippen molar-refractivity contribution in [3.05, 3.63) is 18.0 Å². The highest BCUT2D eigenvalue weighted by Crippen LogP contribution is 2.09. The Kier molecular flexibility index (Phi) is 4.55. The lowest BCUT2D eigenvalue weighted by molar-refractivity contribution is -0.0672. The first-order valence-corrected chi connectivity index (χ1v) is 6.70. The van der Waals surface area contributed by atoms with Gasteiger partial charge in [0.05, 0.1) is 12.2 Å². The molecule has 1 saturated heterocycles. The van der Waals surface area contributed by atoms with Crippen LogP contribution in [0.25, 0.3) is 0 Å². The average molecular weight is 266 g/mol. The minimum atomic E-state index is -0.0747. The molecule has 1 aromatic heterocycles. The molecule has 2 atom stereocenters. The third-order valence-corrected chi connectivity index (χ3v) is 3.26. The maximum atomic E-state index is 11.9. The van der Waals surface area contributed by atoms with Gasteiger partial charge in [-0.15, -0.1) is 0 Å². The number of nitrogens with zero attached hydrogens (tertiary/aromatic N) is 3. The van der Waals surface area contributed by atoms with E-state index in [0.29, 0.717) is 12.2 Å². The highest BCUT2D eigenvalue weighted by molar-refractivity contribution is 5.92. The van der Waals surface area contributed by atoms with E-state index in [1.165, 1.54) is 0 Å². The van der Waals surface area contributed by atoms with E-state index in [4.69, 9.17) is 4.74 Å². The van der Waals surface area contributed by atoms with Gasteiger partial charge in [-0.05, 0) is 19.9 Å². The van der Waals surface area contributed by atoms with Gasteiger partial charge in [-0.25, -0.2) is 0 Å². The molecule has 0 aromatic carbocycles. The minimum Gasteiger partial charge on any atom is -0.373 e. The van der Waals surface area contributed by atoms with Crippen LogP contribution in [0.3, 0.4) is 0 Å². The molecule has 1 aliphatic rings. The first kappa shape index (κ1) is 14.0. The molecular formula is C13H22N4O2. The van der Waals surface area contributed by atoms with Crippen LogP contribution in [0.15, 0.2) is 12.3 Å². The number of hydrogen-bond acceptors (Lipinski definition) is 4. The van der Waals surface area contributed by atoms with Gasteiger partial charge in [0, 0.05) is 39.4 Å². The van der Waals surface area contributed by atoms with Crippen molar-refractivity contribution in [3.63, 3.8) is 0 Å². The predicted octanol–water partition coefficient (Wildman–Crippen LogP) is 0.259. The molecule has 0 spiro atoms. The molecular weight excluding hydrogens is 244 g/mol. The number of carbonyl (C=O) groups excluding carboxylic acids is 1. The molecule has 6 nitrogen and oxygen atoms in total. The smallest absolute Gasteiger partial charge is 0.269 e. The second-order valence-corrected chi connectivity index (χ2v) is 5.11. The normalized spacial score (nSPS) is 24.4. The van der Waals surface area contributed by atoms with Crippen LogP contribution in [0.2, 0.25) is 0 Å². The topological polar surface area (TPSA) is 59.4 Å². The second kappa shape index (κ2) is 6.16. The van der Waals surface area contributed by atoms with Gasteiger partial charge in [0.15, 0.2) is 0 Å². The molecule has 1 aromatic rings. The van der Waals surface area contributed by atoms with Crippen molar-refractivity contribution in [2.75, 3.05) is 26.2 Å². The Hall–Kier alpha value is -1.40. The van der Waals surface area contributed by atoms with Crippen LogP contribution in [0.4, 0.5) is 0 Å². The van der Waals surface area contributed by atoms with E-state index in [1.807, 2.05) is 0 Å². The standard InChI is InChI=1S/C13H22N4O2/c1-10-8-17(9-11(2)19-10)7-6-14-13(18)12-4-5-15-16(12)3/h4-5,10-11H,6-9H2,1-3H3,(H,14,18). The Morgan fingerprint density at radius 2 is 2.16 bits per heavy atom. The summed E-state index contributed by atoms with van der Waals surface area (Å²) >= 11 is 0. The number of aromatic nitrogens is 2. The van der Waals surface area contributed by atoms with Crippen molar-refractivity contribution < 1.29 is 9.53 Å². The second-order valence-electron chi connectivity index (χ2n) is 5.11. The molecule has 6 heteroatoms. The monoisotopic (exact) mass is 266 g/mol. The third-order valence-electron chi connectivity index (χ3n) is 3.26. The Balaban J connectivity index is 1.75. The number of nitrogens with one attached hydrogen (secondary N) is 1. The van der Waals surface area contributed by atoms with E-state index in [2.05, 4.69) is 29.2 Å². The zero-order valence-corrected chi connectivity index (χ0v) is 11.8. The number of hydrogen-bond donors (Lipinski definition) is 1. The van der Waals surface area contributed by atoms with Crippen LogP contribution < -0.4 is 5.32 Å². The predicted molar refractivity (Wildman–Crippen MR) is 72.0 cm³/mol. The van der Waals surface area contributed by atoms with Crippen LogP contribution in [-0.4, -0.2) is 59.0 Å². The molecule has 1 fully saturated rings. The maximum absolute atomic E-state index is 11.9. The molecule has 2 unspecified atom stereocenters. The van der Waals surface area contributed by atoms with Gasteiger partial charge in [-0.2, -0.15) is 5.10 Å². The summed E-state index contributed by atoms with van der Waals surface area (Å²) < 4.78 is 7.26. The fraction of sp³-hybridized carbons (Fsp3) is 0.692. The fourth-order valence-corrected chi connectivity index (χ4v) is 2.48. The first-order valence-electron chi connectivity index (χ1n) is 6.70. The molecule has 1 N–H and O–H groups in total. The zero-order valence-electron chi connectivity index (χ0n) is 11.8. The van der Waals surface area contributed by atoms with Crippen LogP contribution in [-0.2, 0) is 11.8 Å². The van der Waals surface area contributed by atoms with E-state index in [-0.39, 0.29) is 18.1 Å². The van der Waals surface area contributed by atoms with Crippen LogP contribution in [0.1, 0.15) is 24.3 Å². The van der Waals surface area contributed by atoms with Gasteiger partial charge in [0.1, 0.15) is 5.69 Å². The summed E-state index contributed by atoms with van der Waals surface area (Å²) in [5.41, 5.74) is 0.587. The zero-order chi connectivity index (χ0) is 13.8. The molecule has 1 aliphatic heterocycles. The SMILES string of the molecule is CC1CN(CCNC(=O)c2ccnn2C)CC(C)O1. The van der Waals surface area contributed by atoms with E-state index >= 15 is 0 Å². The largest absolute Gasteiger partial charge is 0.373 e. The minimum absolute atomic E-state index is 0.0747. The van der Waals surface area contributed by atoms with E-state index < -0.39 is 0 Å². The van der Waals surface area contributed by atoms with Crippen molar-refractivity contribution in [1.29, 1.82) is 0 Å².